The lowest BCUT2D eigenvalue weighted by Gasteiger charge is -1.98. The summed E-state index contributed by atoms with van der Waals surface area (Å²) in [6.45, 7) is 1.92. The number of hydrogen-bond donors (Lipinski definition) is 1. The Kier molecular flexibility index (Phi) is 1.79. The molecule has 3 nitrogen and oxygen atoms in total. The highest BCUT2D eigenvalue weighted by Crippen LogP contribution is 2.46. The summed E-state index contributed by atoms with van der Waals surface area (Å²) in [5.74, 6) is -0.750. The first-order valence-corrected chi connectivity index (χ1v) is 4.35. The molecular weight excluding hydrogens is 166 g/mol. The Hall–Kier alpha value is -1.38. The molecule has 2 rings (SSSR count). The fourth-order valence-electron chi connectivity index (χ4n) is 1.57. The van der Waals surface area contributed by atoms with Gasteiger partial charge in [-0.1, -0.05) is 6.07 Å². The van der Waals surface area contributed by atoms with Crippen molar-refractivity contribution in [2.24, 2.45) is 5.92 Å². The summed E-state index contributed by atoms with van der Waals surface area (Å²) in [6, 6.07) is 5.75. The van der Waals surface area contributed by atoms with Gasteiger partial charge in [0.25, 0.3) is 0 Å². The van der Waals surface area contributed by atoms with E-state index in [0.29, 0.717) is 0 Å². The smallest absolute Gasteiger partial charge is 0.307 e. The highest BCUT2D eigenvalue weighted by molar-refractivity contribution is 5.75. The number of aliphatic carboxylic acids is 1. The Morgan fingerprint density at radius 3 is 2.92 bits per heavy atom. The van der Waals surface area contributed by atoms with E-state index >= 15 is 0 Å². The maximum Gasteiger partial charge on any atom is 0.307 e. The van der Waals surface area contributed by atoms with Crippen molar-refractivity contribution in [2.45, 2.75) is 19.3 Å². The molecular formula is C10H11NO2. The fourth-order valence-corrected chi connectivity index (χ4v) is 1.57. The molecule has 1 heterocycles. The maximum atomic E-state index is 10.6. The van der Waals surface area contributed by atoms with E-state index in [-0.39, 0.29) is 11.8 Å². The first-order valence-electron chi connectivity index (χ1n) is 4.35. The Morgan fingerprint density at radius 2 is 2.38 bits per heavy atom. The number of hydrogen-bond acceptors (Lipinski definition) is 2. The molecule has 13 heavy (non-hydrogen) atoms. The summed E-state index contributed by atoms with van der Waals surface area (Å²) in [7, 11) is 0. The van der Waals surface area contributed by atoms with Gasteiger partial charge in [-0.05, 0) is 25.5 Å². The van der Waals surface area contributed by atoms with E-state index in [2.05, 4.69) is 4.98 Å². The number of rotatable bonds is 2. The van der Waals surface area contributed by atoms with Crippen molar-refractivity contribution in [3.63, 3.8) is 0 Å². The van der Waals surface area contributed by atoms with Crippen molar-refractivity contribution in [1.29, 1.82) is 0 Å². The number of carboxylic acids is 1. The molecule has 0 amide bonds. The lowest BCUT2D eigenvalue weighted by Crippen LogP contribution is -2.00. The van der Waals surface area contributed by atoms with Crippen LogP contribution in [0, 0.1) is 12.8 Å². The van der Waals surface area contributed by atoms with E-state index < -0.39 is 5.97 Å². The SMILES string of the molecule is Cc1cccc([C@@H]2C[C@H]2C(=O)O)n1. The predicted octanol–water partition coefficient (Wildman–Crippen LogP) is 1.58. The minimum atomic E-state index is -0.701. The number of carboxylic acid groups (broad SMARTS) is 1. The molecule has 0 aliphatic heterocycles. The van der Waals surface area contributed by atoms with Crippen LogP contribution in [-0.4, -0.2) is 16.1 Å². The van der Waals surface area contributed by atoms with Crippen LogP contribution in [-0.2, 0) is 4.79 Å². The average Bonchev–Trinajstić information content (AvgIpc) is 2.82. The molecule has 1 N–H and O–H groups in total. The van der Waals surface area contributed by atoms with Crippen molar-refractivity contribution in [2.75, 3.05) is 0 Å². The summed E-state index contributed by atoms with van der Waals surface area (Å²) >= 11 is 0. The van der Waals surface area contributed by atoms with E-state index in [1.54, 1.807) is 0 Å². The zero-order chi connectivity index (χ0) is 9.42. The molecule has 1 saturated carbocycles. The third kappa shape index (κ3) is 1.54. The zero-order valence-electron chi connectivity index (χ0n) is 7.40. The van der Waals surface area contributed by atoms with Crippen molar-refractivity contribution in [1.82, 2.24) is 4.98 Å². The molecule has 1 aromatic rings. The molecule has 1 fully saturated rings. The van der Waals surface area contributed by atoms with Gasteiger partial charge in [0.1, 0.15) is 0 Å². The molecule has 3 heteroatoms. The number of aromatic nitrogens is 1. The van der Waals surface area contributed by atoms with Crippen LogP contribution in [0.4, 0.5) is 0 Å². The molecule has 1 aliphatic rings. The topological polar surface area (TPSA) is 50.2 Å². The molecule has 0 aromatic carbocycles. The van der Waals surface area contributed by atoms with E-state index in [9.17, 15) is 4.79 Å². The van der Waals surface area contributed by atoms with Crippen LogP contribution >= 0.6 is 0 Å². The van der Waals surface area contributed by atoms with Gasteiger partial charge in [0.05, 0.1) is 5.92 Å². The number of pyridine rings is 1. The van der Waals surface area contributed by atoms with E-state index in [1.807, 2.05) is 25.1 Å². The summed E-state index contributed by atoms with van der Waals surface area (Å²) in [5.41, 5.74) is 1.88. The van der Waals surface area contributed by atoms with Crippen LogP contribution in [0.15, 0.2) is 18.2 Å². The quantitative estimate of drug-likeness (QED) is 0.746. The summed E-state index contributed by atoms with van der Waals surface area (Å²) < 4.78 is 0. The Morgan fingerprint density at radius 1 is 1.62 bits per heavy atom. The number of aryl methyl sites for hydroxylation is 1. The van der Waals surface area contributed by atoms with Crippen LogP contribution in [0.25, 0.3) is 0 Å². The first-order chi connectivity index (χ1) is 6.18. The molecule has 1 aliphatic carbocycles. The molecule has 2 atom stereocenters. The molecule has 0 radical (unpaired) electrons. The van der Waals surface area contributed by atoms with Gasteiger partial charge < -0.3 is 5.11 Å². The van der Waals surface area contributed by atoms with Gasteiger partial charge in [0.15, 0.2) is 0 Å². The third-order valence-corrected chi connectivity index (χ3v) is 2.40. The van der Waals surface area contributed by atoms with Gasteiger partial charge in [-0.25, -0.2) is 0 Å². The van der Waals surface area contributed by atoms with Gasteiger partial charge >= 0.3 is 5.97 Å². The minimum Gasteiger partial charge on any atom is -0.481 e. The minimum absolute atomic E-state index is 0.150. The van der Waals surface area contributed by atoms with Gasteiger partial charge in [-0.2, -0.15) is 0 Å². The predicted molar refractivity (Wildman–Crippen MR) is 47.5 cm³/mol. The summed E-state index contributed by atoms with van der Waals surface area (Å²) in [4.78, 5) is 14.9. The van der Waals surface area contributed by atoms with Crippen LogP contribution in [0.1, 0.15) is 23.7 Å². The molecule has 68 valence electrons. The molecule has 0 spiro atoms. The second-order valence-electron chi connectivity index (χ2n) is 3.49. The summed E-state index contributed by atoms with van der Waals surface area (Å²) in [6.07, 6.45) is 0.742. The molecule has 1 aromatic heterocycles. The van der Waals surface area contributed by atoms with Gasteiger partial charge in [0, 0.05) is 17.3 Å². The van der Waals surface area contributed by atoms with Crippen LogP contribution in [0.3, 0.4) is 0 Å². The normalized spacial score (nSPS) is 25.6. The van der Waals surface area contributed by atoms with Crippen LogP contribution in [0.2, 0.25) is 0 Å². The van der Waals surface area contributed by atoms with Crippen molar-refractivity contribution >= 4 is 5.97 Å². The lowest BCUT2D eigenvalue weighted by atomic mass is 10.2. The fraction of sp³-hybridized carbons (Fsp3) is 0.400. The Bertz CT molecular complexity index is 349. The second kappa shape index (κ2) is 2.83. The lowest BCUT2D eigenvalue weighted by molar-refractivity contribution is -0.138. The van der Waals surface area contributed by atoms with Crippen LogP contribution in [0.5, 0.6) is 0 Å². The average molecular weight is 177 g/mol. The van der Waals surface area contributed by atoms with Gasteiger partial charge in [-0.3, -0.25) is 9.78 Å². The molecule has 0 unspecified atom stereocenters. The monoisotopic (exact) mass is 177 g/mol. The van der Waals surface area contributed by atoms with Crippen LogP contribution < -0.4 is 0 Å². The Balaban J connectivity index is 2.16. The molecule has 0 saturated heterocycles. The van der Waals surface area contributed by atoms with Gasteiger partial charge in [0.2, 0.25) is 0 Å². The second-order valence-corrected chi connectivity index (χ2v) is 3.49. The maximum absolute atomic E-state index is 10.6. The molecule has 0 bridgehead atoms. The van der Waals surface area contributed by atoms with E-state index in [4.69, 9.17) is 5.11 Å². The zero-order valence-corrected chi connectivity index (χ0v) is 7.40. The standard InChI is InChI=1S/C10H11NO2/c1-6-3-2-4-9(11-6)7-5-8(7)10(12)13/h2-4,7-8H,5H2,1H3,(H,12,13)/t7-,8-/m1/s1. The van der Waals surface area contributed by atoms with E-state index in [1.165, 1.54) is 0 Å². The largest absolute Gasteiger partial charge is 0.481 e. The van der Waals surface area contributed by atoms with E-state index in [0.717, 1.165) is 17.8 Å². The highest BCUT2D eigenvalue weighted by Gasteiger charge is 2.45. The summed E-state index contributed by atoms with van der Waals surface area (Å²) in [5, 5.41) is 8.73. The third-order valence-electron chi connectivity index (χ3n) is 2.40. The number of nitrogens with zero attached hydrogens (tertiary/aromatic N) is 1. The van der Waals surface area contributed by atoms with Crippen molar-refractivity contribution in [3.05, 3.63) is 29.6 Å². The Labute approximate surface area is 76.4 Å². The van der Waals surface area contributed by atoms with Crippen molar-refractivity contribution in [3.8, 4) is 0 Å². The van der Waals surface area contributed by atoms with Crippen molar-refractivity contribution < 1.29 is 9.90 Å². The van der Waals surface area contributed by atoms with Gasteiger partial charge in [-0.15, -0.1) is 0 Å². The first kappa shape index (κ1) is 8.23. The number of carbonyl (C=O) groups is 1. The highest BCUT2D eigenvalue weighted by atomic mass is 16.4.